The van der Waals surface area contributed by atoms with E-state index < -0.39 is 10.8 Å². The van der Waals surface area contributed by atoms with E-state index in [1.807, 2.05) is 31.2 Å². The van der Waals surface area contributed by atoms with Gasteiger partial charge in [0.2, 0.25) is 0 Å². The van der Waals surface area contributed by atoms with Gasteiger partial charge in [-0.25, -0.2) is 10.4 Å². The molecular weight excluding hydrogens is 454 g/mol. The molecule has 4 rings (SSSR count). The van der Waals surface area contributed by atoms with Crippen molar-refractivity contribution in [1.82, 2.24) is 15.0 Å². The van der Waals surface area contributed by atoms with Crippen molar-refractivity contribution in [2.45, 2.75) is 12.1 Å². The van der Waals surface area contributed by atoms with E-state index in [1.54, 1.807) is 36.4 Å². The average Bonchev–Trinajstić information content (AvgIpc) is 2.84. The van der Waals surface area contributed by atoms with Gasteiger partial charge in [0.05, 0.1) is 39.0 Å². The molecule has 1 aromatic heterocycles. The van der Waals surface area contributed by atoms with Gasteiger partial charge in [-0.2, -0.15) is 5.10 Å². The standard InChI is InChI=1S/C24H19N5O4S/c1-16-10-12-18(13-11-16)28-23(31)19-7-3-4-8-20(19)26-24(28)34-15-22(30)27-25-14-17-6-2-5-9-21(17)29(32)33/h2-14H,15H2,1H3,(H,27,30)/b25-14+. The van der Waals surface area contributed by atoms with Crippen LogP contribution in [0.15, 0.2) is 87.8 Å². The van der Waals surface area contributed by atoms with Crippen molar-refractivity contribution in [3.8, 4) is 5.69 Å². The molecule has 0 spiro atoms. The van der Waals surface area contributed by atoms with Crippen LogP contribution in [0.2, 0.25) is 0 Å². The smallest absolute Gasteiger partial charge is 0.272 e. The van der Waals surface area contributed by atoms with Crippen molar-refractivity contribution in [2.24, 2.45) is 5.10 Å². The van der Waals surface area contributed by atoms with Crippen molar-refractivity contribution in [3.63, 3.8) is 0 Å². The maximum atomic E-state index is 13.2. The number of para-hydroxylation sites is 2. The van der Waals surface area contributed by atoms with Crippen LogP contribution in [0.5, 0.6) is 0 Å². The molecule has 170 valence electrons. The Labute approximate surface area is 198 Å². The van der Waals surface area contributed by atoms with E-state index in [1.165, 1.54) is 22.9 Å². The minimum atomic E-state index is -0.519. The van der Waals surface area contributed by atoms with Crippen molar-refractivity contribution >= 4 is 40.5 Å². The van der Waals surface area contributed by atoms with Gasteiger partial charge in [0.15, 0.2) is 5.16 Å². The first-order chi connectivity index (χ1) is 16.4. The van der Waals surface area contributed by atoms with Crippen molar-refractivity contribution in [2.75, 3.05) is 5.75 Å². The van der Waals surface area contributed by atoms with Crippen LogP contribution in [-0.2, 0) is 4.79 Å². The Balaban J connectivity index is 1.56. The topological polar surface area (TPSA) is 119 Å². The molecule has 0 atom stereocenters. The van der Waals surface area contributed by atoms with Crippen LogP contribution in [0.25, 0.3) is 16.6 Å². The van der Waals surface area contributed by atoms with E-state index in [4.69, 9.17) is 0 Å². The van der Waals surface area contributed by atoms with Crippen molar-refractivity contribution in [1.29, 1.82) is 0 Å². The number of nitro groups is 1. The summed E-state index contributed by atoms with van der Waals surface area (Å²) in [5.41, 5.74) is 4.51. The van der Waals surface area contributed by atoms with Gasteiger partial charge in [0, 0.05) is 6.07 Å². The number of fused-ring (bicyclic) bond motifs is 1. The van der Waals surface area contributed by atoms with Crippen LogP contribution in [-0.4, -0.2) is 32.3 Å². The summed E-state index contributed by atoms with van der Waals surface area (Å²) in [4.78, 5) is 40.8. The lowest BCUT2D eigenvalue weighted by molar-refractivity contribution is -0.385. The second-order valence-electron chi connectivity index (χ2n) is 7.29. The predicted molar refractivity (Wildman–Crippen MR) is 132 cm³/mol. The lowest BCUT2D eigenvalue weighted by Crippen LogP contribution is -2.24. The van der Waals surface area contributed by atoms with Gasteiger partial charge in [0.25, 0.3) is 17.2 Å². The first-order valence-electron chi connectivity index (χ1n) is 10.2. The summed E-state index contributed by atoms with van der Waals surface area (Å²) in [5.74, 6) is -0.511. The fourth-order valence-corrected chi connectivity index (χ4v) is 4.03. The number of nitrogens with zero attached hydrogens (tertiary/aromatic N) is 4. The molecule has 34 heavy (non-hydrogen) atoms. The molecule has 1 heterocycles. The van der Waals surface area contributed by atoms with Crippen molar-refractivity contribution in [3.05, 3.63) is 104 Å². The Morgan fingerprint density at radius 1 is 1.12 bits per heavy atom. The molecule has 0 saturated heterocycles. The maximum absolute atomic E-state index is 13.2. The lowest BCUT2D eigenvalue weighted by Gasteiger charge is -2.13. The van der Waals surface area contributed by atoms with Gasteiger partial charge in [-0.15, -0.1) is 0 Å². The van der Waals surface area contributed by atoms with Crippen LogP contribution < -0.4 is 11.0 Å². The molecule has 0 unspecified atom stereocenters. The number of hydrazone groups is 1. The Morgan fingerprint density at radius 3 is 2.59 bits per heavy atom. The zero-order valence-corrected chi connectivity index (χ0v) is 18.9. The minimum absolute atomic E-state index is 0.0646. The molecule has 0 radical (unpaired) electrons. The van der Waals surface area contributed by atoms with Crippen molar-refractivity contribution < 1.29 is 9.72 Å². The van der Waals surface area contributed by atoms with Gasteiger partial charge in [-0.3, -0.25) is 24.3 Å². The molecule has 0 aliphatic heterocycles. The van der Waals surface area contributed by atoms with Gasteiger partial charge in [0.1, 0.15) is 0 Å². The van der Waals surface area contributed by atoms with Gasteiger partial charge >= 0.3 is 0 Å². The molecule has 0 bridgehead atoms. The first kappa shape index (κ1) is 22.9. The molecule has 10 heteroatoms. The second kappa shape index (κ2) is 10.1. The molecule has 0 aliphatic carbocycles. The number of amides is 1. The predicted octanol–water partition coefficient (Wildman–Crippen LogP) is 3.84. The van der Waals surface area contributed by atoms with E-state index in [-0.39, 0.29) is 22.6 Å². The normalized spacial score (nSPS) is 11.1. The summed E-state index contributed by atoms with van der Waals surface area (Å²) in [6.45, 7) is 1.95. The van der Waals surface area contributed by atoms with Gasteiger partial charge in [-0.05, 0) is 37.3 Å². The SMILES string of the molecule is Cc1ccc(-n2c(SCC(=O)N/N=C/c3ccccc3[N+](=O)[O-])nc3ccccc3c2=O)cc1. The Morgan fingerprint density at radius 2 is 1.82 bits per heavy atom. The molecule has 0 fully saturated rings. The Bertz CT molecular complexity index is 1460. The summed E-state index contributed by atoms with van der Waals surface area (Å²) < 4.78 is 1.48. The first-order valence-corrected chi connectivity index (χ1v) is 11.2. The van der Waals surface area contributed by atoms with Crippen LogP contribution in [0.1, 0.15) is 11.1 Å². The quantitative estimate of drug-likeness (QED) is 0.143. The van der Waals surface area contributed by atoms with E-state index in [2.05, 4.69) is 15.5 Å². The highest BCUT2D eigenvalue weighted by Gasteiger charge is 2.15. The highest BCUT2D eigenvalue weighted by atomic mass is 32.2. The Hall–Kier alpha value is -4.31. The molecule has 4 aromatic rings. The third-order valence-electron chi connectivity index (χ3n) is 4.90. The van der Waals surface area contributed by atoms with Crippen LogP contribution >= 0.6 is 11.8 Å². The average molecular weight is 474 g/mol. The van der Waals surface area contributed by atoms with E-state index in [9.17, 15) is 19.7 Å². The summed E-state index contributed by atoms with van der Waals surface area (Å²) in [5, 5.41) is 15.8. The number of rotatable bonds is 7. The Kier molecular flexibility index (Phi) is 6.79. The maximum Gasteiger partial charge on any atom is 0.278 e. The molecule has 1 amide bonds. The van der Waals surface area contributed by atoms with Gasteiger partial charge in [-0.1, -0.05) is 53.7 Å². The van der Waals surface area contributed by atoms with Crippen LogP contribution in [0, 0.1) is 17.0 Å². The zero-order chi connectivity index (χ0) is 24.1. The largest absolute Gasteiger partial charge is 0.278 e. The number of thioether (sulfide) groups is 1. The number of hydrogen-bond acceptors (Lipinski definition) is 7. The van der Waals surface area contributed by atoms with E-state index >= 15 is 0 Å². The highest BCUT2D eigenvalue weighted by molar-refractivity contribution is 7.99. The number of aromatic nitrogens is 2. The molecular formula is C24H19N5O4S. The second-order valence-corrected chi connectivity index (χ2v) is 8.23. The number of carbonyl (C=O) groups is 1. The number of carbonyl (C=O) groups excluding carboxylic acids is 1. The van der Waals surface area contributed by atoms with E-state index in [0.717, 1.165) is 17.3 Å². The summed E-state index contributed by atoms with van der Waals surface area (Å²) in [6.07, 6.45) is 1.22. The molecule has 1 N–H and O–H groups in total. The van der Waals surface area contributed by atoms with E-state index in [0.29, 0.717) is 21.7 Å². The third kappa shape index (κ3) is 5.02. The summed E-state index contributed by atoms with van der Waals surface area (Å²) in [7, 11) is 0. The van der Waals surface area contributed by atoms with Gasteiger partial charge < -0.3 is 0 Å². The fraction of sp³-hybridized carbons (Fsp3) is 0.0833. The number of benzene rings is 3. The highest BCUT2D eigenvalue weighted by Crippen LogP contribution is 2.21. The van der Waals surface area contributed by atoms with Crippen LogP contribution in [0.3, 0.4) is 0 Å². The minimum Gasteiger partial charge on any atom is -0.272 e. The fourth-order valence-electron chi connectivity index (χ4n) is 3.23. The number of aryl methyl sites for hydroxylation is 1. The number of nitrogens with one attached hydrogen (secondary N) is 1. The number of nitro benzene ring substituents is 1. The number of hydrogen-bond donors (Lipinski definition) is 1. The summed E-state index contributed by atoms with van der Waals surface area (Å²) in [6, 6.07) is 20.6. The zero-order valence-electron chi connectivity index (χ0n) is 18.0. The molecule has 3 aromatic carbocycles. The lowest BCUT2D eigenvalue weighted by atomic mass is 10.2. The molecule has 0 aliphatic rings. The summed E-state index contributed by atoms with van der Waals surface area (Å²) >= 11 is 1.10. The molecule has 9 nitrogen and oxygen atoms in total. The third-order valence-corrected chi connectivity index (χ3v) is 5.83. The monoisotopic (exact) mass is 473 g/mol. The molecule has 0 saturated carbocycles. The van der Waals surface area contributed by atoms with Crippen LogP contribution in [0.4, 0.5) is 5.69 Å².